The molecule has 1 saturated heterocycles. The molecular formula is C16H25N5O2. The molecule has 7 nitrogen and oxygen atoms in total. The predicted octanol–water partition coefficient (Wildman–Crippen LogP) is 1.95. The maximum Gasteiger partial charge on any atom is 0.240 e. The smallest absolute Gasteiger partial charge is 0.240 e. The van der Waals surface area contributed by atoms with Gasteiger partial charge in [0.1, 0.15) is 0 Å². The van der Waals surface area contributed by atoms with Crippen molar-refractivity contribution in [1.29, 1.82) is 0 Å². The molecule has 3 rings (SSSR count). The number of ether oxygens (including phenoxy) is 1. The number of methoxy groups -OCH3 is 1. The monoisotopic (exact) mass is 319 g/mol. The summed E-state index contributed by atoms with van der Waals surface area (Å²) < 4.78 is 12.4. The predicted molar refractivity (Wildman–Crippen MR) is 84.9 cm³/mol. The van der Waals surface area contributed by atoms with Crippen LogP contribution in [0.1, 0.15) is 47.5 Å². The molecule has 0 aromatic carbocycles. The van der Waals surface area contributed by atoms with E-state index in [4.69, 9.17) is 9.26 Å². The molecule has 3 heterocycles. The van der Waals surface area contributed by atoms with Crippen molar-refractivity contribution in [2.24, 2.45) is 7.05 Å². The molecule has 1 aliphatic heterocycles. The minimum atomic E-state index is 0.387. The molecule has 7 heteroatoms. The molecule has 0 saturated carbocycles. The fraction of sp³-hybridized carbons (Fsp3) is 0.688. The Labute approximate surface area is 136 Å². The number of hydrogen-bond donors (Lipinski definition) is 0. The van der Waals surface area contributed by atoms with E-state index in [2.05, 4.69) is 34.0 Å². The molecule has 0 N–H and O–H groups in total. The quantitative estimate of drug-likeness (QED) is 0.810. The number of rotatable bonds is 6. The Balaban J connectivity index is 1.73. The zero-order chi connectivity index (χ0) is 16.4. The average molecular weight is 319 g/mol. The lowest BCUT2D eigenvalue weighted by Gasteiger charge is -2.23. The van der Waals surface area contributed by atoms with E-state index in [1.807, 2.05) is 11.7 Å². The molecule has 1 unspecified atom stereocenters. The molecule has 0 radical (unpaired) electrons. The van der Waals surface area contributed by atoms with Crippen molar-refractivity contribution in [2.75, 3.05) is 20.3 Å². The van der Waals surface area contributed by atoms with Gasteiger partial charge in [-0.1, -0.05) is 5.16 Å². The van der Waals surface area contributed by atoms with Gasteiger partial charge in [0, 0.05) is 37.9 Å². The largest absolute Gasteiger partial charge is 0.384 e. The van der Waals surface area contributed by atoms with Crippen LogP contribution in [0.25, 0.3) is 0 Å². The van der Waals surface area contributed by atoms with E-state index in [1.165, 1.54) is 17.7 Å². The number of nitrogens with zero attached hydrogens (tertiary/aromatic N) is 5. The zero-order valence-corrected chi connectivity index (χ0v) is 14.4. The van der Waals surface area contributed by atoms with Crippen LogP contribution in [0, 0.1) is 13.8 Å². The van der Waals surface area contributed by atoms with Crippen LogP contribution in [0.3, 0.4) is 0 Å². The molecule has 0 aliphatic carbocycles. The van der Waals surface area contributed by atoms with Gasteiger partial charge in [0.25, 0.3) is 0 Å². The van der Waals surface area contributed by atoms with Gasteiger partial charge < -0.3 is 9.26 Å². The number of aromatic nitrogens is 4. The number of likely N-dealkylation sites (tertiary alicyclic amines) is 1. The Morgan fingerprint density at radius 2 is 2.17 bits per heavy atom. The highest BCUT2D eigenvalue weighted by Crippen LogP contribution is 2.36. The van der Waals surface area contributed by atoms with Crippen molar-refractivity contribution < 1.29 is 9.26 Å². The summed E-state index contributed by atoms with van der Waals surface area (Å²) in [5, 5.41) is 8.58. The van der Waals surface area contributed by atoms with Crippen LogP contribution in [0.5, 0.6) is 0 Å². The summed E-state index contributed by atoms with van der Waals surface area (Å²) in [6.45, 7) is 6.59. The fourth-order valence-corrected chi connectivity index (χ4v) is 3.44. The minimum Gasteiger partial charge on any atom is -0.384 e. The zero-order valence-electron chi connectivity index (χ0n) is 14.4. The lowest BCUT2D eigenvalue weighted by Crippen LogP contribution is -2.23. The van der Waals surface area contributed by atoms with Gasteiger partial charge in [-0.05, 0) is 33.2 Å². The van der Waals surface area contributed by atoms with Crippen molar-refractivity contribution in [3.05, 3.63) is 28.7 Å². The first-order valence-corrected chi connectivity index (χ1v) is 8.14. The van der Waals surface area contributed by atoms with Crippen LogP contribution < -0.4 is 0 Å². The van der Waals surface area contributed by atoms with E-state index in [0.29, 0.717) is 37.3 Å². The summed E-state index contributed by atoms with van der Waals surface area (Å²) in [6.07, 6.45) is 3.02. The lowest BCUT2D eigenvalue weighted by atomic mass is 10.0. The van der Waals surface area contributed by atoms with Crippen LogP contribution in [0.4, 0.5) is 0 Å². The Hall–Kier alpha value is -1.73. The summed E-state index contributed by atoms with van der Waals surface area (Å²) in [4.78, 5) is 6.89. The van der Waals surface area contributed by atoms with Crippen molar-refractivity contribution in [1.82, 2.24) is 24.8 Å². The van der Waals surface area contributed by atoms with Gasteiger partial charge in [-0.15, -0.1) is 0 Å². The standard InChI is InChI=1S/C16H25N5O2/c1-11-16(12(2)20(3)18-11)13-6-5-8-21(13)10-15-17-14(19-23-15)7-9-22-4/h13H,5-10H2,1-4H3. The molecular weight excluding hydrogens is 294 g/mol. The highest BCUT2D eigenvalue weighted by Gasteiger charge is 2.31. The number of aryl methyl sites for hydroxylation is 2. The molecule has 2 aromatic rings. The van der Waals surface area contributed by atoms with E-state index in [1.54, 1.807) is 7.11 Å². The van der Waals surface area contributed by atoms with Gasteiger partial charge in [-0.25, -0.2) is 0 Å². The third kappa shape index (κ3) is 3.30. The van der Waals surface area contributed by atoms with E-state index in [9.17, 15) is 0 Å². The lowest BCUT2D eigenvalue weighted by molar-refractivity contribution is 0.199. The molecule has 1 atom stereocenters. The molecule has 1 aliphatic rings. The Kier molecular flexibility index (Phi) is 4.77. The van der Waals surface area contributed by atoms with Gasteiger partial charge >= 0.3 is 0 Å². The molecule has 0 bridgehead atoms. The topological polar surface area (TPSA) is 69.2 Å². The summed E-state index contributed by atoms with van der Waals surface area (Å²) in [5.41, 5.74) is 3.71. The SMILES string of the molecule is COCCc1noc(CN2CCCC2c2c(C)nn(C)c2C)n1. The Morgan fingerprint density at radius 1 is 1.35 bits per heavy atom. The second-order valence-corrected chi connectivity index (χ2v) is 6.18. The van der Waals surface area contributed by atoms with Crippen molar-refractivity contribution in [2.45, 2.75) is 45.7 Å². The van der Waals surface area contributed by atoms with Crippen LogP contribution in [-0.2, 0) is 24.8 Å². The summed E-state index contributed by atoms with van der Waals surface area (Å²) in [6, 6.07) is 0.387. The molecule has 0 amide bonds. The molecule has 23 heavy (non-hydrogen) atoms. The average Bonchev–Trinajstić information content (AvgIpc) is 3.20. The Bertz CT molecular complexity index is 663. The van der Waals surface area contributed by atoms with Gasteiger partial charge in [-0.2, -0.15) is 10.1 Å². The molecule has 2 aromatic heterocycles. The van der Waals surface area contributed by atoms with Crippen LogP contribution in [0.2, 0.25) is 0 Å². The third-order valence-corrected chi connectivity index (χ3v) is 4.64. The second-order valence-electron chi connectivity index (χ2n) is 6.18. The third-order valence-electron chi connectivity index (χ3n) is 4.64. The summed E-state index contributed by atoms with van der Waals surface area (Å²) in [7, 11) is 3.68. The van der Waals surface area contributed by atoms with Gasteiger partial charge in [0.15, 0.2) is 5.82 Å². The maximum atomic E-state index is 5.39. The van der Waals surface area contributed by atoms with Crippen LogP contribution in [-0.4, -0.2) is 45.1 Å². The van der Waals surface area contributed by atoms with Gasteiger partial charge in [-0.3, -0.25) is 9.58 Å². The van der Waals surface area contributed by atoms with Crippen LogP contribution >= 0.6 is 0 Å². The molecule has 0 spiro atoms. The first kappa shape index (κ1) is 16.1. The van der Waals surface area contributed by atoms with E-state index in [-0.39, 0.29) is 0 Å². The highest BCUT2D eigenvalue weighted by atomic mass is 16.5. The highest BCUT2D eigenvalue weighted by molar-refractivity contribution is 5.29. The van der Waals surface area contributed by atoms with Crippen molar-refractivity contribution >= 4 is 0 Å². The normalized spacial score (nSPS) is 18.9. The fourth-order valence-electron chi connectivity index (χ4n) is 3.44. The maximum absolute atomic E-state index is 5.39. The number of hydrogen-bond acceptors (Lipinski definition) is 6. The van der Waals surface area contributed by atoms with E-state index in [0.717, 1.165) is 18.7 Å². The minimum absolute atomic E-state index is 0.387. The van der Waals surface area contributed by atoms with E-state index >= 15 is 0 Å². The van der Waals surface area contributed by atoms with Crippen molar-refractivity contribution in [3.8, 4) is 0 Å². The summed E-state index contributed by atoms with van der Waals surface area (Å²) in [5.74, 6) is 1.40. The molecule has 126 valence electrons. The van der Waals surface area contributed by atoms with Gasteiger partial charge in [0.05, 0.1) is 18.8 Å². The summed E-state index contributed by atoms with van der Waals surface area (Å²) >= 11 is 0. The van der Waals surface area contributed by atoms with Crippen molar-refractivity contribution in [3.63, 3.8) is 0 Å². The van der Waals surface area contributed by atoms with Crippen LogP contribution in [0.15, 0.2) is 4.52 Å². The second kappa shape index (κ2) is 6.80. The molecule has 1 fully saturated rings. The first-order valence-electron chi connectivity index (χ1n) is 8.14. The Morgan fingerprint density at radius 3 is 2.87 bits per heavy atom. The first-order chi connectivity index (χ1) is 11.1. The van der Waals surface area contributed by atoms with E-state index < -0.39 is 0 Å². The van der Waals surface area contributed by atoms with Gasteiger partial charge in [0.2, 0.25) is 5.89 Å².